The van der Waals surface area contributed by atoms with Gasteiger partial charge in [0.25, 0.3) is 5.91 Å². The number of ether oxygens (including phenoxy) is 2. The maximum atomic E-state index is 12.2. The van der Waals surface area contributed by atoms with Gasteiger partial charge in [-0.3, -0.25) is 9.69 Å². The van der Waals surface area contributed by atoms with Crippen molar-refractivity contribution in [2.24, 2.45) is 0 Å². The van der Waals surface area contributed by atoms with E-state index in [1.165, 1.54) is 0 Å². The molecular weight excluding hydrogens is 330 g/mol. The lowest BCUT2D eigenvalue weighted by Crippen LogP contribution is -2.38. The van der Waals surface area contributed by atoms with Crippen LogP contribution in [0.3, 0.4) is 0 Å². The Balaban J connectivity index is 1.47. The Morgan fingerprint density at radius 1 is 1.15 bits per heavy atom. The number of nitrogen functional groups attached to an aromatic ring is 1. The fourth-order valence-corrected chi connectivity index (χ4v) is 2.84. The molecule has 0 radical (unpaired) electrons. The molecule has 1 aliphatic heterocycles. The van der Waals surface area contributed by atoms with Gasteiger partial charge in [0.1, 0.15) is 12.4 Å². The van der Waals surface area contributed by atoms with Crippen LogP contribution in [0.4, 0.5) is 5.69 Å². The Kier molecular flexibility index (Phi) is 6.46. The van der Waals surface area contributed by atoms with E-state index in [4.69, 9.17) is 15.2 Å². The van der Waals surface area contributed by atoms with Gasteiger partial charge < -0.3 is 20.5 Å². The van der Waals surface area contributed by atoms with Gasteiger partial charge in [-0.25, -0.2) is 0 Å². The van der Waals surface area contributed by atoms with Crippen molar-refractivity contribution in [2.75, 3.05) is 45.2 Å². The fraction of sp³-hybridized carbons (Fsp3) is 0.350. The number of amides is 1. The van der Waals surface area contributed by atoms with Crippen LogP contribution in [0.25, 0.3) is 0 Å². The first-order valence-corrected chi connectivity index (χ1v) is 8.87. The summed E-state index contributed by atoms with van der Waals surface area (Å²) < 4.78 is 11.2. The zero-order valence-corrected chi connectivity index (χ0v) is 14.8. The number of nitrogens with zero attached hydrogens (tertiary/aromatic N) is 1. The number of nitrogens with one attached hydrogen (secondary N) is 1. The van der Waals surface area contributed by atoms with Gasteiger partial charge in [-0.05, 0) is 29.8 Å². The summed E-state index contributed by atoms with van der Waals surface area (Å²) in [6, 6.07) is 14.8. The van der Waals surface area contributed by atoms with E-state index in [0.717, 1.165) is 44.2 Å². The molecule has 2 aromatic carbocycles. The van der Waals surface area contributed by atoms with Gasteiger partial charge in [0.2, 0.25) is 0 Å². The largest absolute Gasteiger partial charge is 0.492 e. The summed E-state index contributed by atoms with van der Waals surface area (Å²) in [6.07, 6.45) is 0. The lowest BCUT2D eigenvalue weighted by atomic mass is 10.1. The lowest BCUT2D eigenvalue weighted by Gasteiger charge is -2.26. The number of para-hydroxylation sites is 1. The molecule has 3 N–H and O–H groups in total. The number of morpholine rings is 1. The third kappa shape index (κ3) is 5.21. The zero-order chi connectivity index (χ0) is 18.2. The lowest BCUT2D eigenvalue weighted by molar-refractivity contribution is 0.0322. The second-order valence-electron chi connectivity index (χ2n) is 6.22. The number of hydrogen-bond acceptors (Lipinski definition) is 5. The van der Waals surface area contributed by atoms with Crippen molar-refractivity contribution in [3.63, 3.8) is 0 Å². The number of nitrogens with two attached hydrogens (primary N) is 1. The minimum atomic E-state index is -0.179. The van der Waals surface area contributed by atoms with E-state index in [0.29, 0.717) is 24.4 Å². The standard InChI is InChI=1S/C20H25N3O3/c21-19-7-2-1-6-18(19)20(24)22-15-16-4-3-5-17(14-16)26-13-10-23-8-11-25-12-9-23/h1-7,14H,8-13,15,21H2,(H,22,24). The van der Waals surface area contributed by atoms with Crippen LogP contribution in [0.1, 0.15) is 15.9 Å². The number of carbonyl (C=O) groups is 1. The Bertz CT molecular complexity index is 730. The highest BCUT2D eigenvalue weighted by atomic mass is 16.5. The first-order valence-electron chi connectivity index (χ1n) is 8.87. The quantitative estimate of drug-likeness (QED) is 0.742. The molecule has 3 rings (SSSR count). The van der Waals surface area contributed by atoms with E-state index in [-0.39, 0.29) is 5.91 Å². The van der Waals surface area contributed by atoms with Crippen LogP contribution in [-0.4, -0.2) is 50.3 Å². The van der Waals surface area contributed by atoms with Gasteiger partial charge in [0.05, 0.1) is 18.8 Å². The molecule has 1 fully saturated rings. The monoisotopic (exact) mass is 355 g/mol. The van der Waals surface area contributed by atoms with Gasteiger partial charge in [-0.15, -0.1) is 0 Å². The van der Waals surface area contributed by atoms with Crippen LogP contribution in [0.15, 0.2) is 48.5 Å². The van der Waals surface area contributed by atoms with Crippen molar-refractivity contribution in [2.45, 2.75) is 6.54 Å². The maximum absolute atomic E-state index is 12.2. The van der Waals surface area contributed by atoms with Crippen molar-refractivity contribution in [3.8, 4) is 5.75 Å². The molecule has 2 aromatic rings. The highest BCUT2D eigenvalue weighted by Gasteiger charge is 2.10. The normalized spacial score (nSPS) is 14.8. The van der Waals surface area contributed by atoms with E-state index in [2.05, 4.69) is 10.2 Å². The summed E-state index contributed by atoms with van der Waals surface area (Å²) in [6.45, 7) is 5.44. The van der Waals surface area contributed by atoms with Gasteiger partial charge >= 0.3 is 0 Å². The minimum Gasteiger partial charge on any atom is -0.492 e. The molecule has 1 heterocycles. The molecule has 0 atom stereocenters. The molecule has 0 aromatic heterocycles. The summed E-state index contributed by atoms with van der Waals surface area (Å²) >= 11 is 0. The number of anilines is 1. The zero-order valence-electron chi connectivity index (χ0n) is 14.8. The highest BCUT2D eigenvalue weighted by Crippen LogP contribution is 2.14. The molecule has 26 heavy (non-hydrogen) atoms. The van der Waals surface area contributed by atoms with Crippen molar-refractivity contribution in [1.29, 1.82) is 0 Å². The Labute approximate surface area is 153 Å². The van der Waals surface area contributed by atoms with Crippen molar-refractivity contribution in [1.82, 2.24) is 10.2 Å². The van der Waals surface area contributed by atoms with Gasteiger partial charge in [-0.2, -0.15) is 0 Å². The molecule has 138 valence electrons. The SMILES string of the molecule is Nc1ccccc1C(=O)NCc1cccc(OCCN2CCOCC2)c1. The van der Waals surface area contributed by atoms with Crippen LogP contribution in [0.2, 0.25) is 0 Å². The highest BCUT2D eigenvalue weighted by molar-refractivity contribution is 5.98. The molecule has 6 nitrogen and oxygen atoms in total. The second-order valence-corrected chi connectivity index (χ2v) is 6.22. The van der Waals surface area contributed by atoms with Gasteiger partial charge in [-0.1, -0.05) is 24.3 Å². The predicted octanol–water partition coefficient (Wildman–Crippen LogP) is 1.91. The molecule has 0 saturated carbocycles. The number of benzene rings is 2. The minimum absolute atomic E-state index is 0.179. The van der Waals surface area contributed by atoms with E-state index in [1.54, 1.807) is 18.2 Å². The number of hydrogen-bond donors (Lipinski definition) is 2. The molecular formula is C20H25N3O3. The third-order valence-electron chi connectivity index (χ3n) is 4.34. The summed E-state index contributed by atoms with van der Waals surface area (Å²) in [5, 5.41) is 2.89. The van der Waals surface area contributed by atoms with Crippen molar-refractivity contribution in [3.05, 3.63) is 59.7 Å². The molecule has 0 spiro atoms. The summed E-state index contributed by atoms with van der Waals surface area (Å²) in [7, 11) is 0. The molecule has 1 saturated heterocycles. The van der Waals surface area contributed by atoms with Crippen LogP contribution >= 0.6 is 0 Å². The molecule has 6 heteroatoms. The van der Waals surface area contributed by atoms with Crippen molar-refractivity contribution >= 4 is 11.6 Å². The van der Waals surface area contributed by atoms with E-state index in [1.807, 2.05) is 30.3 Å². The average molecular weight is 355 g/mol. The topological polar surface area (TPSA) is 76.8 Å². The first-order chi connectivity index (χ1) is 12.7. The number of rotatable bonds is 7. The van der Waals surface area contributed by atoms with E-state index >= 15 is 0 Å². The Hall–Kier alpha value is -2.57. The number of carbonyl (C=O) groups excluding carboxylic acids is 1. The molecule has 0 bridgehead atoms. The summed E-state index contributed by atoms with van der Waals surface area (Å²) in [4.78, 5) is 14.6. The molecule has 0 unspecified atom stereocenters. The van der Waals surface area contributed by atoms with Crippen LogP contribution < -0.4 is 15.8 Å². The molecule has 0 aliphatic carbocycles. The summed E-state index contributed by atoms with van der Waals surface area (Å²) in [5.41, 5.74) is 7.79. The first kappa shape index (κ1) is 18.2. The molecule has 1 amide bonds. The average Bonchev–Trinajstić information content (AvgIpc) is 2.68. The smallest absolute Gasteiger partial charge is 0.253 e. The third-order valence-corrected chi connectivity index (χ3v) is 4.34. The Morgan fingerprint density at radius 3 is 2.77 bits per heavy atom. The second kappa shape index (κ2) is 9.22. The van der Waals surface area contributed by atoms with Crippen LogP contribution in [-0.2, 0) is 11.3 Å². The van der Waals surface area contributed by atoms with E-state index in [9.17, 15) is 4.79 Å². The van der Waals surface area contributed by atoms with E-state index < -0.39 is 0 Å². The maximum Gasteiger partial charge on any atom is 0.253 e. The van der Waals surface area contributed by atoms with Crippen molar-refractivity contribution < 1.29 is 14.3 Å². The van der Waals surface area contributed by atoms with Gasteiger partial charge in [0.15, 0.2) is 0 Å². The van der Waals surface area contributed by atoms with Crippen LogP contribution in [0.5, 0.6) is 5.75 Å². The van der Waals surface area contributed by atoms with Gasteiger partial charge in [0, 0.05) is 31.9 Å². The predicted molar refractivity (Wildman–Crippen MR) is 101 cm³/mol. The summed E-state index contributed by atoms with van der Waals surface area (Å²) in [5.74, 6) is 0.631. The molecule has 1 aliphatic rings. The van der Waals surface area contributed by atoms with Crippen LogP contribution in [0, 0.1) is 0 Å². The Morgan fingerprint density at radius 2 is 1.96 bits per heavy atom. The fourth-order valence-electron chi connectivity index (χ4n) is 2.84.